The summed E-state index contributed by atoms with van der Waals surface area (Å²) in [5.74, 6) is -0.571. The molecule has 42 heavy (non-hydrogen) atoms. The number of amides is 2. The molecule has 12 heteroatoms. The summed E-state index contributed by atoms with van der Waals surface area (Å²) in [7, 11) is -2.20. The zero-order chi connectivity index (χ0) is 30.1. The maximum Gasteiger partial charge on any atom is 0.261 e. The van der Waals surface area contributed by atoms with Gasteiger partial charge in [0.1, 0.15) is 5.75 Å². The third-order valence-electron chi connectivity index (χ3n) is 7.51. The molecule has 216 valence electrons. The predicted octanol–water partition coefficient (Wildman–Crippen LogP) is 6.14. The Labute approximate surface area is 253 Å². The Hall–Kier alpha value is -3.99. The molecule has 0 saturated heterocycles. The molecule has 6 rings (SSSR count). The first-order valence-electron chi connectivity index (χ1n) is 13.0. The molecule has 0 bridgehead atoms. The molecule has 9 nitrogen and oxygen atoms in total. The van der Waals surface area contributed by atoms with E-state index in [-0.39, 0.29) is 27.9 Å². The quantitative estimate of drug-likeness (QED) is 0.268. The van der Waals surface area contributed by atoms with Gasteiger partial charge < -0.3 is 14.6 Å². The van der Waals surface area contributed by atoms with Crippen LogP contribution < -0.4 is 19.7 Å². The average molecular weight is 626 g/mol. The molecule has 4 aromatic rings. The first-order valence-corrected chi connectivity index (χ1v) is 15.7. The zero-order valence-electron chi connectivity index (χ0n) is 23.0. The average Bonchev–Trinajstić information content (AvgIpc) is 3.53. The van der Waals surface area contributed by atoms with Crippen molar-refractivity contribution in [2.24, 2.45) is 0 Å². The SMILES string of the molecule is COc1ccccc1-n1cc2c(c1C(C)C)C1(C(=O)Nc3cc(Cl)ccc31)N(c1cc(Cl)ccc1NS(C)(=O)=O)C2=O. The van der Waals surface area contributed by atoms with E-state index in [1.54, 1.807) is 31.5 Å². The van der Waals surface area contributed by atoms with Crippen molar-refractivity contribution >= 4 is 62.1 Å². The van der Waals surface area contributed by atoms with E-state index in [2.05, 4.69) is 10.0 Å². The summed E-state index contributed by atoms with van der Waals surface area (Å²) >= 11 is 12.7. The van der Waals surface area contributed by atoms with E-state index in [1.165, 1.54) is 23.1 Å². The third-order valence-corrected chi connectivity index (χ3v) is 8.57. The lowest BCUT2D eigenvalue weighted by Gasteiger charge is -2.36. The number of methoxy groups -OCH3 is 1. The minimum Gasteiger partial charge on any atom is -0.495 e. The molecular weight excluding hydrogens is 599 g/mol. The number of carbonyl (C=O) groups excluding carboxylic acids is 2. The lowest BCUT2D eigenvalue weighted by atomic mass is 9.81. The molecule has 0 fully saturated rings. The molecule has 0 radical (unpaired) electrons. The van der Waals surface area contributed by atoms with Crippen molar-refractivity contribution in [3.63, 3.8) is 0 Å². The number of benzene rings is 3. The van der Waals surface area contributed by atoms with Crippen molar-refractivity contribution in [2.45, 2.75) is 25.3 Å². The van der Waals surface area contributed by atoms with Gasteiger partial charge in [-0.1, -0.05) is 55.2 Å². The number of nitrogens with one attached hydrogen (secondary N) is 2. The normalized spacial score (nSPS) is 17.5. The number of sulfonamides is 1. The van der Waals surface area contributed by atoms with Gasteiger partial charge in [-0.2, -0.15) is 0 Å². The fourth-order valence-electron chi connectivity index (χ4n) is 6.05. The van der Waals surface area contributed by atoms with Crippen molar-refractivity contribution in [1.82, 2.24) is 4.57 Å². The summed E-state index contributed by atoms with van der Waals surface area (Å²) in [6, 6.07) is 16.9. The Morgan fingerprint density at radius 3 is 2.36 bits per heavy atom. The van der Waals surface area contributed by atoms with E-state index in [0.29, 0.717) is 39.0 Å². The van der Waals surface area contributed by atoms with Crippen LogP contribution in [0.3, 0.4) is 0 Å². The molecule has 0 saturated carbocycles. The summed E-state index contributed by atoms with van der Waals surface area (Å²) in [5.41, 5.74) is 1.63. The van der Waals surface area contributed by atoms with Crippen LogP contribution in [0.15, 0.2) is 66.9 Å². The van der Waals surface area contributed by atoms with Gasteiger partial charge in [-0.05, 0) is 48.4 Å². The van der Waals surface area contributed by atoms with Crippen LogP contribution in [0, 0.1) is 0 Å². The van der Waals surface area contributed by atoms with E-state index < -0.39 is 27.4 Å². The van der Waals surface area contributed by atoms with Crippen molar-refractivity contribution < 1.29 is 22.7 Å². The van der Waals surface area contributed by atoms with E-state index in [1.807, 2.05) is 42.7 Å². The summed E-state index contributed by atoms with van der Waals surface area (Å²) in [6.45, 7) is 3.96. The largest absolute Gasteiger partial charge is 0.495 e. The van der Waals surface area contributed by atoms with E-state index in [9.17, 15) is 18.0 Å². The van der Waals surface area contributed by atoms with Gasteiger partial charge >= 0.3 is 0 Å². The van der Waals surface area contributed by atoms with Crippen molar-refractivity contribution in [1.29, 1.82) is 0 Å². The molecule has 2 aliphatic rings. The fourth-order valence-corrected chi connectivity index (χ4v) is 6.96. The highest BCUT2D eigenvalue weighted by molar-refractivity contribution is 7.92. The zero-order valence-corrected chi connectivity index (χ0v) is 25.4. The van der Waals surface area contributed by atoms with Gasteiger partial charge in [0.25, 0.3) is 11.8 Å². The number of hydrogen-bond acceptors (Lipinski definition) is 5. The molecule has 2 aliphatic heterocycles. The Kier molecular flexibility index (Phi) is 6.56. The van der Waals surface area contributed by atoms with Crippen LogP contribution in [0.2, 0.25) is 10.0 Å². The van der Waals surface area contributed by atoms with Crippen LogP contribution in [-0.2, 0) is 20.4 Å². The minimum absolute atomic E-state index is 0.0960. The third kappa shape index (κ3) is 4.08. The molecule has 1 unspecified atom stereocenters. The second-order valence-electron chi connectivity index (χ2n) is 10.5. The fraction of sp³-hybridized carbons (Fsp3) is 0.200. The van der Waals surface area contributed by atoms with E-state index in [4.69, 9.17) is 27.9 Å². The smallest absolute Gasteiger partial charge is 0.261 e. The Morgan fingerprint density at radius 1 is 0.976 bits per heavy atom. The van der Waals surface area contributed by atoms with Crippen LogP contribution in [-0.4, -0.2) is 38.2 Å². The highest BCUT2D eigenvalue weighted by atomic mass is 35.5. The van der Waals surface area contributed by atoms with Gasteiger partial charge in [0, 0.05) is 38.8 Å². The van der Waals surface area contributed by atoms with Crippen LogP contribution in [0.5, 0.6) is 5.75 Å². The number of rotatable bonds is 6. The Morgan fingerprint density at radius 2 is 1.67 bits per heavy atom. The lowest BCUT2D eigenvalue weighted by molar-refractivity contribution is -0.119. The molecule has 3 aromatic carbocycles. The summed E-state index contributed by atoms with van der Waals surface area (Å²) in [4.78, 5) is 30.4. The summed E-state index contributed by atoms with van der Waals surface area (Å²) < 4.78 is 34.7. The number of anilines is 3. The molecule has 0 aliphatic carbocycles. The standard InChI is InChI=1S/C30H26Cl2N4O5S/c1-16(2)27-26-19(15-35(27)23-7-5-6-8-25(23)41-3)28(37)36(24-14-18(32)10-12-21(24)34-42(4,39)40)30(26)20-11-9-17(31)13-22(20)33-29(30)38/h5-16,34H,1-4H3,(H,33,38). The number of halogens is 2. The number of fused-ring (bicyclic) bond motifs is 4. The van der Waals surface area contributed by atoms with E-state index >= 15 is 0 Å². The molecular formula is C30H26Cl2N4O5S. The highest BCUT2D eigenvalue weighted by Crippen LogP contribution is 2.57. The van der Waals surface area contributed by atoms with Crippen molar-refractivity contribution in [3.8, 4) is 11.4 Å². The van der Waals surface area contributed by atoms with Gasteiger partial charge in [0.15, 0.2) is 5.54 Å². The molecule has 1 atom stereocenters. The van der Waals surface area contributed by atoms with Gasteiger partial charge in [0.05, 0.1) is 36.0 Å². The van der Waals surface area contributed by atoms with Crippen LogP contribution >= 0.6 is 23.2 Å². The number of ether oxygens (including phenoxy) is 1. The van der Waals surface area contributed by atoms with Gasteiger partial charge in [0.2, 0.25) is 10.0 Å². The number of carbonyl (C=O) groups is 2. The van der Waals surface area contributed by atoms with Crippen molar-refractivity contribution in [3.05, 3.63) is 99.3 Å². The Balaban J connectivity index is 1.74. The summed E-state index contributed by atoms with van der Waals surface area (Å²) in [5, 5.41) is 3.58. The minimum atomic E-state index is -3.77. The number of para-hydroxylation sites is 2. The van der Waals surface area contributed by atoms with Gasteiger partial charge in [-0.15, -0.1) is 0 Å². The molecule has 2 N–H and O–H groups in total. The van der Waals surface area contributed by atoms with E-state index in [0.717, 1.165) is 6.26 Å². The van der Waals surface area contributed by atoms with Crippen LogP contribution in [0.1, 0.15) is 46.9 Å². The van der Waals surface area contributed by atoms with Crippen molar-refractivity contribution in [2.75, 3.05) is 28.3 Å². The van der Waals surface area contributed by atoms with Gasteiger partial charge in [-0.3, -0.25) is 19.2 Å². The molecule has 1 aromatic heterocycles. The monoisotopic (exact) mass is 624 g/mol. The maximum absolute atomic E-state index is 14.6. The molecule has 3 heterocycles. The van der Waals surface area contributed by atoms with Crippen LogP contribution in [0.25, 0.3) is 5.69 Å². The second-order valence-corrected chi connectivity index (χ2v) is 13.2. The molecule has 1 spiro atoms. The summed E-state index contributed by atoms with van der Waals surface area (Å²) in [6.07, 6.45) is 2.72. The molecule has 2 amide bonds. The number of nitrogens with zero attached hydrogens (tertiary/aromatic N) is 2. The van der Waals surface area contributed by atoms with Gasteiger partial charge in [-0.25, -0.2) is 8.42 Å². The predicted molar refractivity (Wildman–Crippen MR) is 164 cm³/mol. The first kappa shape index (κ1) is 28.1. The number of aromatic nitrogens is 1. The van der Waals surface area contributed by atoms with Crippen LogP contribution in [0.4, 0.5) is 17.1 Å². The maximum atomic E-state index is 14.6. The topological polar surface area (TPSA) is 110 Å². The lowest BCUT2D eigenvalue weighted by Crippen LogP contribution is -2.51. The number of hydrogen-bond donors (Lipinski definition) is 2. The second kappa shape index (κ2) is 9.79. The Bertz CT molecular complexity index is 1920. The first-order chi connectivity index (χ1) is 19.9. The highest BCUT2D eigenvalue weighted by Gasteiger charge is 2.63.